The molecule has 0 fully saturated rings. The van der Waals surface area contributed by atoms with Gasteiger partial charge in [0.2, 0.25) is 0 Å². The second-order valence-electron chi connectivity index (χ2n) is 6.21. The predicted octanol–water partition coefficient (Wildman–Crippen LogP) is 3.54. The quantitative estimate of drug-likeness (QED) is 0.251. The summed E-state index contributed by atoms with van der Waals surface area (Å²) >= 11 is 0. The Morgan fingerprint density at radius 1 is 1.04 bits per heavy atom. The SMILES string of the molecule is CN=C(NCCCS(=O)(=O)Cc1ccccc1)NC(C)c1ccccc1.I. The number of hydrogen-bond donors (Lipinski definition) is 2. The second-order valence-corrected chi connectivity index (χ2v) is 8.39. The zero-order chi connectivity index (χ0) is 18.8. The highest BCUT2D eigenvalue weighted by atomic mass is 127. The molecule has 0 saturated heterocycles. The van der Waals surface area contributed by atoms with E-state index < -0.39 is 9.84 Å². The number of sulfone groups is 1. The highest BCUT2D eigenvalue weighted by Gasteiger charge is 2.12. The summed E-state index contributed by atoms with van der Waals surface area (Å²) in [5, 5.41) is 6.49. The van der Waals surface area contributed by atoms with Crippen molar-refractivity contribution in [3.05, 3.63) is 71.8 Å². The maximum atomic E-state index is 12.2. The van der Waals surface area contributed by atoms with E-state index >= 15 is 0 Å². The van der Waals surface area contributed by atoms with Gasteiger partial charge in [-0.1, -0.05) is 60.7 Å². The van der Waals surface area contributed by atoms with Crippen molar-refractivity contribution in [1.82, 2.24) is 10.6 Å². The van der Waals surface area contributed by atoms with Crippen LogP contribution in [0.3, 0.4) is 0 Å². The van der Waals surface area contributed by atoms with Gasteiger partial charge >= 0.3 is 0 Å². The summed E-state index contributed by atoms with van der Waals surface area (Å²) in [5.41, 5.74) is 2.00. The molecule has 0 aromatic heterocycles. The molecule has 0 heterocycles. The van der Waals surface area contributed by atoms with E-state index in [0.717, 1.165) is 5.56 Å². The van der Waals surface area contributed by atoms with Gasteiger partial charge in [-0.2, -0.15) is 0 Å². The van der Waals surface area contributed by atoms with Gasteiger partial charge in [-0.05, 0) is 24.5 Å². The Labute approximate surface area is 179 Å². The number of benzene rings is 2. The molecule has 0 saturated carbocycles. The molecule has 0 aliphatic carbocycles. The zero-order valence-corrected chi connectivity index (χ0v) is 18.9. The minimum Gasteiger partial charge on any atom is -0.356 e. The van der Waals surface area contributed by atoms with Crippen molar-refractivity contribution in [3.63, 3.8) is 0 Å². The molecular weight excluding hydrogens is 473 g/mol. The van der Waals surface area contributed by atoms with Crippen molar-refractivity contribution >= 4 is 39.8 Å². The summed E-state index contributed by atoms with van der Waals surface area (Å²) in [6.45, 7) is 2.61. The molecular formula is C20H28IN3O2S. The van der Waals surface area contributed by atoms with E-state index in [4.69, 9.17) is 0 Å². The van der Waals surface area contributed by atoms with Gasteiger partial charge in [-0.25, -0.2) is 8.42 Å². The third-order valence-electron chi connectivity index (χ3n) is 4.03. The molecule has 0 aliphatic rings. The van der Waals surface area contributed by atoms with Crippen molar-refractivity contribution in [2.45, 2.75) is 25.1 Å². The van der Waals surface area contributed by atoms with E-state index in [1.807, 2.05) is 48.5 Å². The maximum Gasteiger partial charge on any atom is 0.191 e. The highest BCUT2D eigenvalue weighted by molar-refractivity contribution is 14.0. The summed E-state index contributed by atoms with van der Waals surface area (Å²) < 4.78 is 24.4. The van der Waals surface area contributed by atoms with Gasteiger partial charge in [-0.3, -0.25) is 4.99 Å². The van der Waals surface area contributed by atoms with E-state index in [-0.39, 0.29) is 41.5 Å². The molecule has 148 valence electrons. The fourth-order valence-corrected chi connectivity index (χ4v) is 4.05. The van der Waals surface area contributed by atoms with Crippen molar-refractivity contribution in [2.75, 3.05) is 19.3 Å². The van der Waals surface area contributed by atoms with Crippen LogP contribution in [-0.2, 0) is 15.6 Å². The summed E-state index contributed by atoms with van der Waals surface area (Å²) in [7, 11) is -1.40. The normalized spacial score (nSPS) is 12.7. The van der Waals surface area contributed by atoms with Crippen LogP contribution < -0.4 is 10.6 Å². The Hall–Kier alpha value is -1.61. The van der Waals surface area contributed by atoms with Gasteiger partial charge in [0.15, 0.2) is 15.8 Å². The minimum absolute atomic E-state index is 0. The number of nitrogens with one attached hydrogen (secondary N) is 2. The Bertz CT molecular complexity index is 796. The molecule has 2 N–H and O–H groups in total. The molecule has 7 heteroatoms. The molecule has 0 aliphatic heterocycles. The van der Waals surface area contributed by atoms with Gasteiger partial charge in [0.1, 0.15) is 0 Å². The minimum atomic E-state index is -3.11. The van der Waals surface area contributed by atoms with Crippen molar-refractivity contribution < 1.29 is 8.42 Å². The number of hydrogen-bond acceptors (Lipinski definition) is 3. The molecule has 5 nitrogen and oxygen atoms in total. The molecule has 0 bridgehead atoms. The van der Waals surface area contributed by atoms with E-state index in [9.17, 15) is 8.42 Å². The average Bonchev–Trinajstić information content (AvgIpc) is 2.65. The average molecular weight is 501 g/mol. The monoisotopic (exact) mass is 501 g/mol. The standard InChI is InChI=1S/C20H27N3O2S.HI/c1-17(19-12-7-4-8-13-19)23-20(21-2)22-14-9-15-26(24,25)16-18-10-5-3-6-11-18;/h3-8,10-13,17H,9,14-16H2,1-2H3,(H2,21,22,23);1H. The summed E-state index contributed by atoms with van der Waals surface area (Å²) in [6, 6.07) is 19.5. The maximum absolute atomic E-state index is 12.2. The zero-order valence-electron chi connectivity index (χ0n) is 15.8. The van der Waals surface area contributed by atoms with Crippen LogP contribution in [0.25, 0.3) is 0 Å². The summed E-state index contributed by atoms with van der Waals surface area (Å²) in [4.78, 5) is 4.20. The Morgan fingerprint density at radius 3 is 2.22 bits per heavy atom. The summed E-state index contributed by atoms with van der Waals surface area (Å²) in [5.74, 6) is 0.910. The molecule has 0 spiro atoms. The molecule has 2 aromatic carbocycles. The van der Waals surface area contributed by atoms with Crippen molar-refractivity contribution in [1.29, 1.82) is 0 Å². The predicted molar refractivity (Wildman–Crippen MR) is 123 cm³/mol. The Kier molecular flexibility index (Phi) is 10.4. The van der Waals surface area contributed by atoms with Gasteiger partial charge in [0.05, 0.1) is 17.5 Å². The van der Waals surface area contributed by atoms with Gasteiger partial charge in [-0.15, -0.1) is 24.0 Å². The topological polar surface area (TPSA) is 70.6 Å². The van der Waals surface area contributed by atoms with Gasteiger partial charge in [0, 0.05) is 13.6 Å². The van der Waals surface area contributed by atoms with Crippen LogP contribution in [0.2, 0.25) is 0 Å². The Balaban J connectivity index is 0.00000364. The summed E-state index contributed by atoms with van der Waals surface area (Å²) in [6.07, 6.45) is 0.537. The second kappa shape index (κ2) is 12.0. The lowest BCUT2D eigenvalue weighted by Crippen LogP contribution is -2.39. The lowest BCUT2D eigenvalue weighted by molar-refractivity contribution is 0.591. The van der Waals surface area contributed by atoms with E-state index in [0.29, 0.717) is 18.9 Å². The van der Waals surface area contributed by atoms with Crippen LogP contribution in [0.1, 0.15) is 30.5 Å². The van der Waals surface area contributed by atoms with Crippen LogP contribution in [0.15, 0.2) is 65.7 Å². The molecule has 1 unspecified atom stereocenters. The largest absolute Gasteiger partial charge is 0.356 e. The molecule has 2 rings (SSSR count). The third-order valence-corrected chi connectivity index (χ3v) is 5.71. The number of rotatable bonds is 8. The molecule has 2 aromatic rings. The third kappa shape index (κ3) is 8.75. The first kappa shape index (κ1) is 23.4. The molecule has 0 amide bonds. The van der Waals surface area contributed by atoms with Crippen molar-refractivity contribution in [2.24, 2.45) is 4.99 Å². The van der Waals surface area contributed by atoms with E-state index in [2.05, 4.69) is 34.7 Å². The number of halogens is 1. The van der Waals surface area contributed by atoms with Crippen LogP contribution in [0.4, 0.5) is 0 Å². The first-order valence-electron chi connectivity index (χ1n) is 8.76. The first-order valence-corrected chi connectivity index (χ1v) is 10.6. The van der Waals surface area contributed by atoms with Crippen LogP contribution >= 0.6 is 24.0 Å². The number of nitrogens with zero attached hydrogens (tertiary/aromatic N) is 1. The highest BCUT2D eigenvalue weighted by Crippen LogP contribution is 2.10. The fraction of sp³-hybridized carbons (Fsp3) is 0.350. The van der Waals surface area contributed by atoms with Crippen LogP contribution in [0, 0.1) is 0 Å². The van der Waals surface area contributed by atoms with Crippen LogP contribution in [0.5, 0.6) is 0 Å². The fourth-order valence-electron chi connectivity index (χ4n) is 2.62. The molecule has 27 heavy (non-hydrogen) atoms. The lowest BCUT2D eigenvalue weighted by Gasteiger charge is -2.18. The molecule has 0 radical (unpaired) electrons. The van der Waals surface area contributed by atoms with E-state index in [1.165, 1.54) is 5.56 Å². The lowest BCUT2D eigenvalue weighted by atomic mass is 10.1. The smallest absolute Gasteiger partial charge is 0.191 e. The van der Waals surface area contributed by atoms with E-state index in [1.54, 1.807) is 7.05 Å². The van der Waals surface area contributed by atoms with Gasteiger partial charge < -0.3 is 10.6 Å². The number of aliphatic imine (C=N–C) groups is 1. The van der Waals surface area contributed by atoms with Crippen molar-refractivity contribution in [3.8, 4) is 0 Å². The van der Waals surface area contributed by atoms with Gasteiger partial charge in [0.25, 0.3) is 0 Å². The number of guanidine groups is 1. The van der Waals surface area contributed by atoms with Crippen LogP contribution in [-0.4, -0.2) is 33.7 Å². The first-order chi connectivity index (χ1) is 12.5. The molecule has 1 atom stereocenters. The Morgan fingerprint density at radius 2 is 1.63 bits per heavy atom.